The van der Waals surface area contributed by atoms with Gasteiger partial charge in [-0.1, -0.05) is 6.07 Å². The number of aryl methyl sites for hydroxylation is 2. The van der Waals surface area contributed by atoms with Crippen LogP contribution in [0, 0.1) is 12.8 Å². The minimum absolute atomic E-state index is 0.0290. The summed E-state index contributed by atoms with van der Waals surface area (Å²) in [5.74, 6) is 1.18. The molecule has 2 unspecified atom stereocenters. The number of aromatic nitrogens is 1. The van der Waals surface area contributed by atoms with Crippen molar-refractivity contribution in [1.82, 2.24) is 4.57 Å². The van der Waals surface area contributed by atoms with E-state index in [1.807, 2.05) is 24.3 Å². The molecule has 0 bridgehead atoms. The molecular formula is C22H30N2O5S. The van der Waals surface area contributed by atoms with E-state index >= 15 is 0 Å². The van der Waals surface area contributed by atoms with Crippen LogP contribution in [0.2, 0.25) is 0 Å². The summed E-state index contributed by atoms with van der Waals surface area (Å²) in [4.78, 5) is 12.5. The lowest BCUT2D eigenvalue weighted by Gasteiger charge is -2.33. The summed E-state index contributed by atoms with van der Waals surface area (Å²) in [7, 11) is -3.79. The van der Waals surface area contributed by atoms with Crippen LogP contribution in [0.15, 0.2) is 39.7 Å². The van der Waals surface area contributed by atoms with E-state index in [1.54, 1.807) is 17.8 Å². The van der Waals surface area contributed by atoms with Crippen molar-refractivity contribution in [3.8, 4) is 0 Å². The summed E-state index contributed by atoms with van der Waals surface area (Å²) in [6.45, 7) is 2.22. The normalized spacial score (nSPS) is 25.6. The second-order valence-electron chi connectivity index (χ2n) is 8.67. The van der Waals surface area contributed by atoms with E-state index in [2.05, 4.69) is 0 Å². The van der Waals surface area contributed by atoms with Gasteiger partial charge in [0.2, 0.25) is 10.0 Å². The molecule has 2 atom stereocenters. The van der Waals surface area contributed by atoms with Gasteiger partial charge in [-0.3, -0.25) is 4.79 Å². The van der Waals surface area contributed by atoms with E-state index in [9.17, 15) is 13.2 Å². The van der Waals surface area contributed by atoms with Gasteiger partial charge >= 0.3 is 0 Å². The van der Waals surface area contributed by atoms with Crippen LogP contribution in [0.1, 0.15) is 55.0 Å². The number of sulfonamides is 1. The molecule has 4 rings (SSSR count). The molecule has 7 nitrogen and oxygen atoms in total. The van der Waals surface area contributed by atoms with E-state index in [4.69, 9.17) is 14.3 Å². The number of nitrogens with two attached hydrogens (primary N) is 1. The predicted molar refractivity (Wildman–Crippen MR) is 114 cm³/mol. The molecule has 30 heavy (non-hydrogen) atoms. The number of nitrogens with zero attached hydrogens (tertiary/aromatic N) is 1. The Morgan fingerprint density at radius 1 is 1.20 bits per heavy atom. The highest BCUT2D eigenvalue weighted by Gasteiger charge is 2.35. The molecule has 3 heterocycles. The molecular weight excluding hydrogens is 404 g/mol. The number of primary sulfonamides is 1. The van der Waals surface area contributed by atoms with E-state index < -0.39 is 15.3 Å². The molecule has 1 fully saturated rings. The molecule has 1 aliphatic carbocycles. The number of ether oxygens (including phenoxy) is 1. The largest absolute Gasteiger partial charge is 0.469 e. The van der Waals surface area contributed by atoms with Crippen molar-refractivity contribution in [3.05, 3.63) is 57.9 Å². The standard InChI is InChI=1S/C22H30N2O5S/c1-15-4-8-18-9-5-17(13-24(18)22(15)25)21(30(23,26)27)14-29-19-10-6-16(7-11-19)20-3-2-12-28-20/h2-4,8,12,16-17,19,21H,5-7,9-11,13-14H2,1H3,(H2,23,26,27). The van der Waals surface area contributed by atoms with Crippen molar-refractivity contribution in [2.24, 2.45) is 11.1 Å². The molecule has 2 aliphatic rings. The van der Waals surface area contributed by atoms with Gasteiger partial charge in [0.25, 0.3) is 5.56 Å². The van der Waals surface area contributed by atoms with Gasteiger partial charge in [0.1, 0.15) is 11.0 Å². The summed E-state index contributed by atoms with van der Waals surface area (Å²) in [5, 5.41) is 4.79. The first-order valence-electron chi connectivity index (χ1n) is 10.7. The first kappa shape index (κ1) is 21.3. The number of furan rings is 1. The number of rotatable bonds is 6. The van der Waals surface area contributed by atoms with Crippen LogP contribution >= 0.6 is 0 Å². The fourth-order valence-electron chi connectivity index (χ4n) is 4.87. The van der Waals surface area contributed by atoms with Crippen molar-refractivity contribution in [2.45, 2.75) is 69.3 Å². The van der Waals surface area contributed by atoms with Crippen LogP contribution in [0.3, 0.4) is 0 Å². The average Bonchev–Trinajstić information content (AvgIpc) is 3.25. The molecule has 1 aliphatic heterocycles. The highest BCUT2D eigenvalue weighted by molar-refractivity contribution is 7.89. The van der Waals surface area contributed by atoms with Crippen molar-refractivity contribution < 1.29 is 17.6 Å². The molecule has 1 saturated carbocycles. The first-order valence-corrected chi connectivity index (χ1v) is 12.3. The van der Waals surface area contributed by atoms with Crippen LogP contribution in [-0.2, 0) is 27.7 Å². The van der Waals surface area contributed by atoms with Gasteiger partial charge in [-0.05, 0) is 69.6 Å². The highest BCUT2D eigenvalue weighted by atomic mass is 32.2. The SMILES string of the molecule is Cc1ccc2n(c1=O)CC(C(COC1CCC(c3ccco3)CC1)S(N)(=O)=O)CC2. The topological polar surface area (TPSA) is 105 Å². The maximum Gasteiger partial charge on any atom is 0.253 e. The Hall–Kier alpha value is -1.90. The van der Waals surface area contributed by atoms with E-state index in [0.29, 0.717) is 30.9 Å². The highest BCUT2D eigenvalue weighted by Crippen LogP contribution is 2.34. The smallest absolute Gasteiger partial charge is 0.253 e. The lowest BCUT2D eigenvalue weighted by Crippen LogP contribution is -2.45. The molecule has 2 aromatic rings. The number of hydrogen-bond donors (Lipinski definition) is 1. The van der Waals surface area contributed by atoms with Gasteiger partial charge in [0.15, 0.2) is 0 Å². The molecule has 0 spiro atoms. The average molecular weight is 435 g/mol. The summed E-state index contributed by atoms with van der Waals surface area (Å²) in [5.41, 5.74) is 1.56. The predicted octanol–water partition coefficient (Wildman–Crippen LogP) is 2.71. The Balaban J connectivity index is 1.40. The Kier molecular flexibility index (Phi) is 6.18. The van der Waals surface area contributed by atoms with Crippen molar-refractivity contribution in [1.29, 1.82) is 0 Å². The minimum Gasteiger partial charge on any atom is -0.469 e. The molecule has 0 radical (unpaired) electrons. The zero-order chi connectivity index (χ0) is 21.3. The maximum absolute atomic E-state index is 12.5. The second-order valence-corrected chi connectivity index (χ2v) is 10.5. The fourth-order valence-corrected chi connectivity index (χ4v) is 5.90. The molecule has 8 heteroatoms. The van der Waals surface area contributed by atoms with E-state index in [-0.39, 0.29) is 24.2 Å². The Bertz CT molecular complexity index is 1020. The Labute approximate surface area is 177 Å². The molecule has 0 saturated heterocycles. The Morgan fingerprint density at radius 2 is 1.97 bits per heavy atom. The van der Waals surface area contributed by atoms with Gasteiger partial charge < -0.3 is 13.7 Å². The van der Waals surface area contributed by atoms with Gasteiger partial charge in [-0.15, -0.1) is 0 Å². The summed E-state index contributed by atoms with van der Waals surface area (Å²) in [6.07, 6.45) is 6.74. The Morgan fingerprint density at radius 3 is 2.63 bits per heavy atom. The fraction of sp³-hybridized carbons (Fsp3) is 0.591. The van der Waals surface area contributed by atoms with Crippen LogP contribution < -0.4 is 10.7 Å². The molecule has 0 aromatic carbocycles. The van der Waals surface area contributed by atoms with Crippen LogP contribution in [-0.4, -0.2) is 30.9 Å². The monoisotopic (exact) mass is 434 g/mol. The third-order valence-electron chi connectivity index (χ3n) is 6.71. The van der Waals surface area contributed by atoms with Gasteiger partial charge in [0.05, 0.1) is 19.0 Å². The number of pyridine rings is 1. The first-order chi connectivity index (χ1) is 14.3. The summed E-state index contributed by atoms with van der Waals surface area (Å²) < 4.78 is 38.0. The van der Waals surface area contributed by atoms with Crippen LogP contribution in [0.5, 0.6) is 0 Å². The van der Waals surface area contributed by atoms with Crippen molar-refractivity contribution >= 4 is 10.0 Å². The molecule has 0 amide bonds. The molecule has 2 aromatic heterocycles. The van der Waals surface area contributed by atoms with Crippen molar-refractivity contribution in [3.63, 3.8) is 0 Å². The third kappa shape index (κ3) is 4.55. The minimum atomic E-state index is -3.79. The number of hydrogen-bond acceptors (Lipinski definition) is 5. The van der Waals surface area contributed by atoms with E-state index in [1.165, 1.54) is 0 Å². The third-order valence-corrected chi connectivity index (χ3v) is 8.07. The quantitative estimate of drug-likeness (QED) is 0.753. The summed E-state index contributed by atoms with van der Waals surface area (Å²) in [6, 6.07) is 7.69. The zero-order valence-electron chi connectivity index (χ0n) is 17.3. The summed E-state index contributed by atoms with van der Waals surface area (Å²) >= 11 is 0. The number of fused-ring (bicyclic) bond motifs is 1. The van der Waals surface area contributed by atoms with Gasteiger partial charge in [-0.25, -0.2) is 13.6 Å². The molecule has 2 N–H and O–H groups in total. The van der Waals surface area contributed by atoms with E-state index in [0.717, 1.165) is 37.1 Å². The molecule has 164 valence electrons. The lowest BCUT2D eigenvalue weighted by molar-refractivity contribution is 0.0161. The van der Waals surface area contributed by atoms with Gasteiger partial charge in [0, 0.05) is 23.7 Å². The van der Waals surface area contributed by atoms with Crippen LogP contribution in [0.4, 0.5) is 0 Å². The van der Waals surface area contributed by atoms with Crippen LogP contribution in [0.25, 0.3) is 0 Å². The maximum atomic E-state index is 12.5. The van der Waals surface area contributed by atoms with Gasteiger partial charge in [-0.2, -0.15) is 0 Å². The second kappa shape index (κ2) is 8.69. The zero-order valence-corrected chi connectivity index (χ0v) is 18.1. The lowest BCUT2D eigenvalue weighted by atomic mass is 9.86. The van der Waals surface area contributed by atoms with Crippen molar-refractivity contribution in [2.75, 3.05) is 6.61 Å².